The summed E-state index contributed by atoms with van der Waals surface area (Å²) >= 11 is 0. The van der Waals surface area contributed by atoms with Crippen molar-refractivity contribution in [3.8, 4) is 5.75 Å². The Morgan fingerprint density at radius 1 is 0.967 bits per heavy atom. The SMILES string of the molecule is Cc1ccc(OCC(=O)N2CCCN(C(=O)CCNC(=O)OC(C)(C)C)CC2)cc1. The van der Waals surface area contributed by atoms with E-state index >= 15 is 0 Å². The van der Waals surface area contributed by atoms with Crippen molar-refractivity contribution in [3.05, 3.63) is 29.8 Å². The minimum absolute atomic E-state index is 0.0170. The number of carbonyl (C=O) groups is 3. The molecule has 0 atom stereocenters. The van der Waals surface area contributed by atoms with E-state index in [1.807, 2.05) is 31.2 Å². The number of nitrogens with zero attached hydrogens (tertiary/aromatic N) is 2. The average molecular weight is 420 g/mol. The number of rotatable bonds is 6. The van der Waals surface area contributed by atoms with E-state index in [0.717, 1.165) is 5.56 Å². The molecule has 0 saturated carbocycles. The molecule has 1 aliphatic heterocycles. The molecule has 8 heteroatoms. The summed E-state index contributed by atoms with van der Waals surface area (Å²) in [6, 6.07) is 7.56. The molecule has 0 aliphatic carbocycles. The van der Waals surface area contributed by atoms with Crippen LogP contribution in [0.3, 0.4) is 0 Å². The minimum Gasteiger partial charge on any atom is -0.484 e. The Labute approximate surface area is 178 Å². The highest BCUT2D eigenvalue weighted by Crippen LogP contribution is 2.12. The van der Waals surface area contributed by atoms with Crippen LogP contribution in [0.5, 0.6) is 5.75 Å². The molecule has 8 nitrogen and oxygen atoms in total. The molecule has 0 spiro atoms. The largest absolute Gasteiger partial charge is 0.484 e. The van der Waals surface area contributed by atoms with E-state index < -0.39 is 11.7 Å². The first-order chi connectivity index (χ1) is 14.1. The molecule has 2 rings (SSSR count). The van der Waals surface area contributed by atoms with Crippen LogP contribution >= 0.6 is 0 Å². The van der Waals surface area contributed by atoms with Crippen LogP contribution in [0.2, 0.25) is 0 Å². The normalized spacial score (nSPS) is 14.7. The van der Waals surface area contributed by atoms with E-state index in [4.69, 9.17) is 9.47 Å². The van der Waals surface area contributed by atoms with E-state index in [1.165, 1.54) is 0 Å². The van der Waals surface area contributed by atoms with E-state index in [2.05, 4.69) is 5.32 Å². The van der Waals surface area contributed by atoms with Crippen molar-refractivity contribution < 1.29 is 23.9 Å². The predicted molar refractivity (Wildman–Crippen MR) is 113 cm³/mol. The van der Waals surface area contributed by atoms with Crippen molar-refractivity contribution in [1.29, 1.82) is 0 Å². The molecule has 1 aromatic rings. The summed E-state index contributed by atoms with van der Waals surface area (Å²) in [7, 11) is 0. The molecule has 0 radical (unpaired) electrons. The molecular formula is C22H33N3O5. The lowest BCUT2D eigenvalue weighted by Crippen LogP contribution is -2.40. The third-order valence-electron chi connectivity index (χ3n) is 4.59. The Kier molecular flexibility index (Phi) is 8.50. The summed E-state index contributed by atoms with van der Waals surface area (Å²) in [5.74, 6) is 0.533. The van der Waals surface area contributed by atoms with Gasteiger partial charge in [0.15, 0.2) is 6.61 Å². The van der Waals surface area contributed by atoms with E-state index in [9.17, 15) is 14.4 Å². The number of aryl methyl sites for hydroxylation is 1. The van der Waals surface area contributed by atoms with Gasteiger partial charge in [-0.25, -0.2) is 4.79 Å². The van der Waals surface area contributed by atoms with Crippen molar-refractivity contribution in [2.24, 2.45) is 0 Å². The van der Waals surface area contributed by atoms with Crippen molar-refractivity contribution in [1.82, 2.24) is 15.1 Å². The second kappa shape index (κ2) is 10.8. The first-order valence-electron chi connectivity index (χ1n) is 10.4. The van der Waals surface area contributed by atoms with Gasteiger partial charge in [-0.3, -0.25) is 9.59 Å². The number of alkyl carbamates (subject to hydrolysis) is 1. The van der Waals surface area contributed by atoms with Crippen molar-refractivity contribution in [3.63, 3.8) is 0 Å². The number of hydrogen-bond donors (Lipinski definition) is 1. The smallest absolute Gasteiger partial charge is 0.407 e. The highest BCUT2D eigenvalue weighted by atomic mass is 16.6. The number of amides is 3. The molecule has 0 bridgehead atoms. The maximum absolute atomic E-state index is 12.5. The fraction of sp³-hybridized carbons (Fsp3) is 0.591. The van der Waals surface area contributed by atoms with Gasteiger partial charge < -0.3 is 24.6 Å². The molecule has 1 heterocycles. The summed E-state index contributed by atoms with van der Waals surface area (Å²) in [6.07, 6.45) is 0.377. The molecule has 30 heavy (non-hydrogen) atoms. The van der Waals surface area contributed by atoms with Gasteiger partial charge in [0.2, 0.25) is 5.91 Å². The summed E-state index contributed by atoms with van der Waals surface area (Å²) in [4.78, 5) is 40.0. The first kappa shape index (κ1) is 23.5. The summed E-state index contributed by atoms with van der Waals surface area (Å²) in [6.45, 7) is 9.68. The summed E-state index contributed by atoms with van der Waals surface area (Å²) in [5.41, 5.74) is 0.560. The van der Waals surface area contributed by atoms with E-state index in [0.29, 0.717) is 38.3 Å². The van der Waals surface area contributed by atoms with Crippen molar-refractivity contribution >= 4 is 17.9 Å². The fourth-order valence-corrected chi connectivity index (χ4v) is 3.03. The molecular weight excluding hydrogens is 386 g/mol. The maximum atomic E-state index is 12.5. The Morgan fingerprint density at radius 2 is 1.57 bits per heavy atom. The van der Waals surface area contributed by atoms with Crippen LogP contribution in [0.1, 0.15) is 39.2 Å². The van der Waals surface area contributed by atoms with Crippen LogP contribution in [0, 0.1) is 6.92 Å². The lowest BCUT2D eigenvalue weighted by Gasteiger charge is -2.23. The monoisotopic (exact) mass is 419 g/mol. The van der Waals surface area contributed by atoms with Crippen molar-refractivity contribution in [2.45, 2.75) is 46.1 Å². The highest BCUT2D eigenvalue weighted by Gasteiger charge is 2.22. The second-order valence-corrected chi connectivity index (χ2v) is 8.40. The van der Waals surface area contributed by atoms with Crippen LogP contribution < -0.4 is 10.1 Å². The molecule has 0 unspecified atom stereocenters. The van der Waals surface area contributed by atoms with Crippen LogP contribution in [0.25, 0.3) is 0 Å². The molecule has 0 aromatic heterocycles. The Bertz CT molecular complexity index is 727. The quantitative estimate of drug-likeness (QED) is 0.765. The van der Waals surface area contributed by atoms with Crippen molar-refractivity contribution in [2.75, 3.05) is 39.3 Å². The van der Waals surface area contributed by atoms with Gasteiger partial charge in [-0.1, -0.05) is 17.7 Å². The first-order valence-corrected chi connectivity index (χ1v) is 10.4. The summed E-state index contributed by atoms with van der Waals surface area (Å²) in [5, 5.41) is 2.60. The van der Waals surface area contributed by atoms with Crippen LogP contribution in [-0.4, -0.2) is 72.6 Å². The molecule has 1 N–H and O–H groups in total. The number of carbonyl (C=O) groups excluding carboxylic acids is 3. The molecule has 1 saturated heterocycles. The van der Waals surface area contributed by atoms with Gasteiger partial charge in [0, 0.05) is 39.1 Å². The fourth-order valence-electron chi connectivity index (χ4n) is 3.03. The molecule has 3 amide bonds. The minimum atomic E-state index is -0.571. The van der Waals surface area contributed by atoms with Crippen LogP contribution in [0.4, 0.5) is 4.79 Å². The van der Waals surface area contributed by atoms with Gasteiger partial charge in [0.25, 0.3) is 5.91 Å². The van der Waals surface area contributed by atoms with Gasteiger partial charge >= 0.3 is 6.09 Å². The zero-order chi connectivity index (χ0) is 22.1. The topological polar surface area (TPSA) is 88.2 Å². The third-order valence-corrected chi connectivity index (χ3v) is 4.59. The average Bonchev–Trinajstić information content (AvgIpc) is 2.92. The molecule has 1 fully saturated rings. The van der Waals surface area contributed by atoms with Crippen LogP contribution in [-0.2, 0) is 14.3 Å². The summed E-state index contributed by atoms with van der Waals surface area (Å²) < 4.78 is 10.7. The number of nitrogens with one attached hydrogen (secondary N) is 1. The predicted octanol–water partition coefficient (Wildman–Crippen LogP) is 2.35. The van der Waals surface area contributed by atoms with Gasteiger partial charge in [0.1, 0.15) is 11.4 Å². The number of ether oxygens (including phenoxy) is 2. The van der Waals surface area contributed by atoms with Gasteiger partial charge in [-0.2, -0.15) is 0 Å². The maximum Gasteiger partial charge on any atom is 0.407 e. The second-order valence-electron chi connectivity index (χ2n) is 8.40. The van der Waals surface area contributed by atoms with Gasteiger partial charge in [-0.05, 0) is 46.2 Å². The van der Waals surface area contributed by atoms with Gasteiger partial charge in [-0.15, -0.1) is 0 Å². The zero-order valence-corrected chi connectivity index (χ0v) is 18.4. The molecule has 1 aromatic carbocycles. The lowest BCUT2D eigenvalue weighted by molar-refractivity contribution is -0.134. The Morgan fingerprint density at radius 3 is 2.17 bits per heavy atom. The Balaban J connectivity index is 1.71. The number of benzene rings is 1. The van der Waals surface area contributed by atoms with Gasteiger partial charge in [0.05, 0.1) is 0 Å². The van der Waals surface area contributed by atoms with E-state index in [1.54, 1.807) is 30.6 Å². The Hall–Kier alpha value is -2.77. The standard InChI is InChI=1S/C22H33N3O5/c1-17-6-8-18(9-7-17)29-16-20(27)25-13-5-12-24(14-15-25)19(26)10-11-23-21(28)30-22(2,3)4/h6-9H,5,10-16H2,1-4H3,(H,23,28). The number of hydrogen-bond acceptors (Lipinski definition) is 5. The van der Waals surface area contributed by atoms with Crippen LogP contribution in [0.15, 0.2) is 24.3 Å². The highest BCUT2D eigenvalue weighted by molar-refractivity contribution is 5.79. The molecule has 1 aliphatic rings. The third kappa shape index (κ3) is 8.31. The van der Waals surface area contributed by atoms with E-state index in [-0.39, 0.29) is 31.4 Å². The molecule has 166 valence electrons. The lowest BCUT2D eigenvalue weighted by atomic mass is 10.2. The zero-order valence-electron chi connectivity index (χ0n) is 18.4.